The van der Waals surface area contributed by atoms with Gasteiger partial charge in [-0.2, -0.15) is 0 Å². The zero-order valence-corrected chi connectivity index (χ0v) is 17.7. The van der Waals surface area contributed by atoms with Crippen molar-refractivity contribution < 1.29 is 14.4 Å². The van der Waals surface area contributed by atoms with E-state index in [1.165, 1.54) is 0 Å². The van der Waals surface area contributed by atoms with Gasteiger partial charge in [0.25, 0.3) is 0 Å². The van der Waals surface area contributed by atoms with Crippen LogP contribution >= 0.6 is 0 Å². The lowest BCUT2D eigenvalue weighted by atomic mass is 10.2. The molecule has 0 aliphatic rings. The van der Waals surface area contributed by atoms with Crippen LogP contribution in [0.15, 0.2) is 0 Å². The summed E-state index contributed by atoms with van der Waals surface area (Å²) in [4.78, 5) is 37.7. The van der Waals surface area contributed by atoms with Gasteiger partial charge in [-0.05, 0) is 21.1 Å². The summed E-state index contributed by atoms with van der Waals surface area (Å²) in [6, 6.07) is 0. The quantitative estimate of drug-likeness (QED) is 0.140. The molecule has 0 heterocycles. The van der Waals surface area contributed by atoms with Crippen LogP contribution in [0.25, 0.3) is 0 Å². The molecule has 10 heteroatoms. The number of hydrogen-bond acceptors (Lipinski definition) is 7. The number of rotatable bonds is 18. The maximum Gasteiger partial charge on any atom is 0.221 e. The van der Waals surface area contributed by atoms with Crippen molar-refractivity contribution in [2.45, 2.75) is 19.3 Å². The van der Waals surface area contributed by atoms with Crippen molar-refractivity contribution in [1.82, 2.24) is 36.8 Å². The highest BCUT2D eigenvalue weighted by molar-refractivity contribution is 5.77. The van der Waals surface area contributed by atoms with Gasteiger partial charge in [0, 0.05) is 78.2 Å². The fraction of sp³-hybridized carbons (Fsp3) is 0.833. The molecule has 0 spiro atoms. The van der Waals surface area contributed by atoms with Crippen LogP contribution in [0, 0.1) is 0 Å². The van der Waals surface area contributed by atoms with Gasteiger partial charge >= 0.3 is 0 Å². The molecule has 0 aromatic heterocycles. The molecule has 0 aromatic rings. The minimum absolute atomic E-state index is 0.0304. The molecular formula is C18H39N7O3. The Kier molecular flexibility index (Phi) is 17.4. The molecule has 0 rings (SSSR count). The van der Waals surface area contributed by atoms with E-state index in [1.54, 1.807) is 0 Å². The Morgan fingerprint density at radius 1 is 0.536 bits per heavy atom. The summed E-state index contributed by atoms with van der Waals surface area (Å²) in [7, 11) is 5.49. The molecular weight excluding hydrogens is 362 g/mol. The first-order chi connectivity index (χ1) is 13.5. The summed E-state index contributed by atoms with van der Waals surface area (Å²) in [5.74, 6) is -0.0911. The van der Waals surface area contributed by atoms with Gasteiger partial charge in [0.15, 0.2) is 0 Å². The molecule has 0 radical (unpaired) electrons. The topological polar surface area (TPSA) is 127 Å². The van der Waals surface area contributed by atoms with Gasteiger partial charge in [-0.1, -0.05) is 0 Å². The fourth-order valence-corrected chi connectivity index (χ4v) is 2.36. The smallest absolute Gasteiger partial charge is 0.221 e. The van der Waals surface area contributed by atoms with Crippen LogP contribution in [0.1, 0.15) is 19.3 Å². The van der Waals surface area contributed by atoms with Crippen molar-refractivity contribution in [2.75, 3.05) is 80.0 Å². The second-order valence-corrected chi connectivity index (χ2v) is 6.45. The molecule has 0 fully saturated rings. The Balaban J connectivity index is 4.33. The van der Waals surface area contributed by atoms with Crippen LogP contribution in [-0.4, -0.2) is 103 Å². The highest BCUT2D eigenvalue weighted by atomic mass is 16.2. The van der Waals surface area contributed by atoms with Gasteiger partial charge in [-0.15, -0.1) is 0 Å². The highest BCUT2D eigenvalue weighted by Crippen LogP contribution is 1.98. The molecule has 0 unspecified atom stereocenters. The summed E-state index contributed by atoms with van der Waals surface area (Å²) in [6.45, 7) is 5.43. The molecule has 6 N–H and O–H groups in total. The van der Waals surface area contributed by atoms with Gasteiger partial charge in [0.05, 0.1) is 0 Å². The summed E-state index contributed by atoms with van der Waals surface area (Å²) < 4.78 is 0. The average molecular weight is 402 g/mol. The number of likely N-dealkylation sites (N-methyl/N-ethyl adjacent to an activating group) is 3. The Morgan fingerprint density at radius 2 is 0.821 bits per heavy atom. The molecule has 0 atom stereocenters. The van der Waals surface area contributed by atoms with Crippen molar-refractivity contribution in [3.05, 3.63) is 0 Å². The maximum atomic E-state index is 11.9. The first kappa shape index (κ1) is 26.2. The number of carbonyl (C=O) groups is 3. The molecule has 164 valence electrons. The lowest BCUT2D eigenvalue weighted by Crippen LogP contribution is -2.38. The molecule has 0 aliphatic heterocycles. The van der Waals surface area contributed by atoms with E-state index in [1.807, 2.05) is 26.0 Å². The SMILES string of the molecule is CNCCNC(=O)CCN(CCC(=O)NCCNC)CCC(=O)NCCNC. The minimum Gasteiger partial charge on any atom is -0.355 e. The standard InChI is InChI=1S/C18H39N7O3/c1-19-7-10-22-16(26)4-13-25(14-5-17(27)23-11-8-20-2)15-6-18(28)24-12-9-21-3/h19-21H,4-15H2,1-3H3,(H,22,26)(H,23,27)(H,24,28). The zero-order chi connectivity index (χ0) is 21.0. The zero-order valence-electron chi connectivity index (χ0n) is 17.7. The van der Waals surface area contributed by atoms with Crippen LogP contribution in [0.2, 0.25) is 0 Å². The van der Waals surface area contributed by atoms with E-state index in [0.717, 1.165) is 19.6 Å². The van der Waals surface area contributed by atoms with Gasteiger partial charge < -0.3 is 36.8 Å². The lowest BCUT2D eigenvalue weighted by Gasteiger charge is -2.21. The van der Waals surface area contributed by atoms with Crippen molar-refractivity contribution in [3.8, 4) is 0 Å². The summed E-state index contributed by atoms with van der Waals surface area (Å²) in [5.41, 5.74) is 0. The number of carbonyl (C=O) groups excluding carboxylic acids is 3. The number of nitrogens with zero attached hydrogens (tertiary/aromatic N) is 1. The van der Waals surface area contributed by atoms with Gasteiger partial charge in [0.1, 0.15) is 0 Å². The number of nitrogens with one attached hydrogen (secondary N) is 6. The Bertz CT molecular complexity index is 374. The van der Waals surface area contributed by atoms with E-state index in [-0.39, 0.29) is 17.7 Å². The van der Waals surface area contributed by atoms with E-state index in [9.17, 15) is 14.4 Å². The van der Waals surface area contributed by atoms with E-state index in [0.29, 0.717) is 58.5 Å². The predicted octanol–water partition coefficient (Wildman–Crippen LogP) is -2.53. The third-order valence-corrected chi connectivity index (χ3v) is 4.06. The molecule has 0 bridgehead atoms. The molecule has 10 nitrogen and oxygen atoms in total. The Hall–Kier alpha value is -1.75. The lowest BCUT2D eigenvalue weighted by molar-refractivity contribution is -0.121. The monoisotopic (exact) mass is 401 g/mol. The number of hydrogen-bond donors (Lipinski definition) is 6. The van der Waals surface area contributed by atoms with E-state index in [2.05, 4.69) is 31.9 Å². The first-order valence-corrected chi connectivity index (χ1v) is 9.99. The highest BCUT2D eigenvalue weighted by Gasteiger charge is 2.12. The van der Waals surface area contributed by atoms with Gasteiger partial charge in [0.2, 0.25) is 17.7 Å². The molecule has 0 aliphatic carbocycles. The Morgan fingerprint density at radius 3 is 1.07 bits per heavy atom. The summed E-state index contributed by atoms with van der Waals surface area (Å²) in [6.07, 6.45) is 1.02. The van der Waals surface area contributed by atoms with Crippen LogP contribution in [0.3, 0.4) is 0 Å². The van der Waals surface area contributed by atoms with Crippen LogP contribution in [0.4, 0.5) is 0 Å². The summed E-state index contributed by atoms with van der Waals surface area (Å²) >= 11 is 0. The second kappa shape index (κ2) is 18.6. The first-order valence-electron chi connectivity index (χ1n) is 9.99. The third kappa shape index (κ3) is 16.4. The van der Waals surface area contributed by atoms with Crippen molar-refractivity contribution in [1.29, 1.82) is 0 Å². The van der Waals surface area contributed by atoms with Crippen molar-refractivity contribution in [2.24, 2.45) is 0 Å². The molecule has 0 aromatic carbocycles. The van der Waals surface area contributed by atoms with Gasteiger partial charge in [-0.3, -0.25) is 14.4 Å². The molecule has 0 saturated heterocycles. The van der Waals surface area contributed by atoms with Crippen LogP contribution < -0.4 is 31.9 Å². The van der Waals surface area contributed by atoms with Crippen LogP contribution in [-0.2, 0) is 14.4 Å². The van der Waals surface area contributed by atoms with Crippen molar-refractivity contribution >= 4 is 17.7 Å². The van der Waals surface area contributed by atoms with Crippen LogP contribution in [0.5, 0.6) is 0 Å². The van der Waals surface area contributed by atoms with E-state index in [4.69, 9.17) is 0 Å². The fourth-order valence-electron chi connectivity index (χ4n) is 2.36. The number of amides is 3. The molecule has 28 heavy (non-hydrogen) atoms. The third-order valence-electron chi connectivity index (χ3n) is 4.06. The largest absolute Gasteiger partial charge is 0.355 e. The van der Waals surface area contributed by atoms with E-state index >= 15 is 0 Å². The predicted molar refractivity (Wildman–Crippen MR) is 111 cm³/mol. The second-order valence-electron chi connectivity index (χ2n) is 6.45. The van der Waals surface area contributed by atoms with Gasteiger partial charge in [-0.25, -0.2) is 0 Å². The normalized spacial score (nSPS) is 10.7. The molecule has 3 amide bonds. The average Bonchev–Trinajstić information content (AvgIpc) is 2.68. The van der Waals surface area contributed by atoms with Crippen molar-refractivity contribution in [3.63, 3.8) is 0 Å². The molecule has 0 saturated carbocycles. The minimum atomic E-state index is -0.0304. The summed E-state index contributed by atoms with van der Waals surface area (Å²) in [5, 5.41) is 17.4. The Labute approximate surface area is 168 Å². The maximum absolute atomic E-state index is 11.9. The van der Waals surface area contributed by atoms with E-state index < -0.39 is 0 Å².